The highest BCUT2D eigenvalue weighted by atomic mass is 19.4. The van der Waals surface area contributed by atoms with Crippen molar-refractivity contribution < 1.29 is 17.7 Å². The number of hydrogen-bond donors (Lipinski definition) is 0. The molecule has 160 valence electrons. The van der Waals surface area contributed by atoms with Crippen LogP contribution >= 0.6 is 0 Å². The van der Waals surface area contributed by atoms with Crippen LogP contribution < -0.4 is 4.90 Å². The first-order valence-corrected chi connectivity index (χ1v) is 9.58. The van der Waals surface area contributed by atoms with Crippen LogP contribution in [0.1, 0.15) is 18.0 Å². The van der Waals surface area contributed by atoms with Gasteiger partial charge in [0.1, 0.15) is 0 Å². The molecule has 0 aliphatic carbocycles. The zero-order chi connectivity index (χ0) is 21.5. The molecule has 1 aliphatic heterocycles. The SMILES string of the molecule is CN(C)c1ncc(CN2CCC(c3nc(-c4ccccc4)no3)(C(F)(F)F)C2)n1C. The number of nitrogens with zero attached hydrogens (tertiary/aromatic N) is 6. The molecule has 0 N–H and O–H groups in total. The van der Waals surface area contributed by atoms with Crippen LogP contribution in [0.15, 0.2) is 41.1 Å². The monoisotopic (exact) mass is 420 g/mol. The van der Waals surface area contributed by atoms with E-state index in [0.717, 1.165) is 11.6 Å². The molecule has 30 heavy (non-hydrogen) atoms. The van der Waals surface area contributed by atoms with E-state index >= 15 is 0 Å². The number of benzene rings is 1. The first kappa shape index (κ1) is 20.4. The van der Waals surface area contributed by atoms with E-state index in [2.05, 4.69) is 15.1 Å². The van der Waals surface area contributed by atoms with E-state index in [1.54, 1.807) is 35.4 Å². The van der Waals surface area contributed by atoms with Crippen molar-refractivity contribution in [3.05, 3.63) is 48.1 Å². The minimum absolute atomic E-state index is 0.134. The zero-order valence-corrected chi connectivity index (χ0v) is 17.0. The molecule has 0 spiro atoms. The van der Waals surface area contributed by atoms with E-state index in [1.807, 2.05) is 36.7 Å². The van der Waals surface area contributed by atoms with Crippen molar-refractivity contribution in [3.8, 4) is 11.4 Å². The fraction of sp³-hybridized carbons (Fsp3) is 0.450. The van der Waals surface area contributed by atoms with Gasteiger partial charge in [0.15, 0.2) is 5.41 Å². The Bertz CT molecular complexity index is 1010. The average molecular weight is 420 g/mol. The van der Waals surface area contributed by atoms with E-state index in [4.69, 9.17) is 4.52 Å². The Balaban J connectivity index is 1.60. The summed E-state index contributed by atoms with van der Waals surface area (Å²) in [7, 11) is 5.60. The summed E-state index contributed by atoms with van der Waals surface area (Å²) in [5.74, 6) is 0.529. The summed E-state index contributed by atoms with van der Waals surface area (Å²) in [5, 5.41) is 3.81. The van der Waals surface area contributed by atoms with Crippen molar-refractivity contribution >= 4 is 5.95 Å². The molecule has 0 saturated carbocycles. The lowest BCUT2D eigenvalue weighted by Crippen LogP contribution is -2.45. The Labute approximate surface area is 172 Å². The normalized spacial score (nSPS) is 20.1. The predicted octanol–water partition coefficient (Wildman–Crippen LogP) is 3.24. The van der Waals surface area contributed by atoms with Gasteiger partial charge in [0.05, 0.1) is 11.9 Å². The number of anilines is 1. The smallest absolute Gasteiger partial charge is 0.348 e. The third-order valence-corrected chi connectivity index (χ3v) is 5.60. The topological polar surface area (TPSA) is 63.2 Å². The molecule has 2 aromatic heterocycles. The fourth-order valence-electron chi connectivity index (χ4n) is 3.90. The summed E-state index contributed by atoms with van der Waals surface area (Å²) >= 11 is 0. The highest BCUT2D eigenvalue weighted by Gasteiger charge is 2.62. The Morgan fingerprint density at radius 3 is 2.57 bits per heavy atom. The molecule has 7 nitrogen and oxygen atoms in total. The van der Waals surface area contributed by atoms with Gasteiger partial charge in [-0.1, -0.05) is 35.5 Å². The molecule has 1 aromatic carbocycles. The molecular formula is C20H23F3N6O. The fourth-order valence-corrected chi connectivity index (χ4v) is 3.90. The Morgan fingerprint density at radius 1 is 1.20 bits per heavy atom. The second-order valence-electron chi connectivity index (χ2n) is 7.83. The van der Waals surface area contributed by atoms with Crippen molar-refractivity contribution in [1.29, 1.82) is 0 Å². The van der Waals surface area contributed by atoms with E-state index < -0.39 is 11.6 Å². The van der Waals surface area contributed by atoms with E-state index in [1.165, 1.54) is 0 Å². The predicted molar refractivity (Wildman–Crippen MR) is 105 cm³/mol. The lowest BCUT2D eigenvalue weighted by Gasteiger charge is -2.28. The standard InChI is InChI=1S/C20H23F3N6O/c1-27(2)18-24-11-15(28(18)3)12-29-10-9-19(13-29,20(21,22)23)17-25-16(26-30-17)14-7-5-4-6-8-14/h4-8,11H,9-10,12-13H2,1-3H3. The largest absolute Gasteiger partial charge is 0.404 e. The van der Waals surface area contributed by atoms with Gasteiger partial charge in [-0.15, -0.1) is 0 Å². The summed E-state index contributed by atoms with van der Waals surface area (Å²) in [6.07, 6.45) is -2.95. The first-order chi connectivity index (χ1) is 14.2. The molecule has 1 saturated heterocycles. The molecule has 1 fully saturated rings. The van der Waals surface area contributed by atoms with Crippen molar-refractivity contribution in [2.24, 2.45) is 7.05 Å². The van der Waals surface area contributed by atoms with Gasteiger partial charge in [-0.2, -0.15) is 18.2 Å². The summed E-state index contributed by atoms with van der Waals surface area (Å²) in [6.45, 7) is 0.384. The second-order valence-corrected chi connectivity index (χ2v) is 7.83. The number of rotatable bonds is 5. The Hall–Kier alpha value is -2.88. The highest BCUT2D eigenvalue weighted by molar-refractivity contribution is 5.53. The lowest BCUT2D eigenvalue weighted by molar-refractivity contribution is -0.193. The van der Waals surface area contributed by atoms with Crippen LogP contribution in [-0.2, 0) is 19.0 Å². The lowest BCUT2D eigenvalue weighted by atomic mass is 9.86. The number of halogens is 3. The molecule has 10 heteroatoms. The van der Waals surface area contributed by atoms with Crippen LogP contribution in [0.2, 0.25) is 0 Å². The summed E-state index contributed by atoms with van der Waals surface area (Å²) in [4.78, 5) is 12.1. The van der Waals surface area contributed by atoms with Gasteiger partial charge in [-0.25, -0.2) is 4.98 Å². The average Bonchev–Trinajstić information content (AvgIpc) is 3.42. The zero-order valence-electron chi connectivity index (χ0n) is 17.0. The van der Waals surface area contributed by atoms with Gasteiger partial charge in [0, 0.05) is 46.3 Å². The minimum atomic E-state index is -4.51. The van der Waals surface area contributed by atoms with Gasteiger partial charge >= 0.3 is 6.18 Å². The van der Waals surface area contributed by atoms with Crippen molar-refractivity contribution in [3.63, 3.8) is 0 Å². The second kappa shape index (κ2) is 7.42. The number of aromatic nitrogens is 4. The molecule has 1 aliphatic rings. The molecule has 4 rings (SSSR count). The van der Waals surface area contributed by atoms with Gasteiger partial charge in [0.2, 0.25) is 17.7 Å². The summed E-state index contributed by atoms with van der Waals surface area (Å²) in [6, 6.07) is 8.84. The molecule has 1 unspecified atom stereocenters. The Kier molecular flexibility index (Phi) is 5.05. The molecule has 3 heterocycles. The Morgan fingerprint density at radius 2 is 1.93 bits per heavy atom. The van der Waals surface area contributed by atoms with E-state index in [0.29, 0.717) is 12.1 Å². The van der Waals surface area contributed by atoms with E-state index in [9.17, 15) is 13.2 Å². The van der Waals surface area contributed by atoms with Crippen molar-refractivity contribution in [1.82, 2.24) is 24.6 Å². The number of imidazole rings is 1. The molecule has 1 atom stereocenters. The quantitative estimate of drug-likeness (QED) is 0.632. The maximum absolute atomic E-state index is 14.2. The van der Waals surface area contributed by atoms with E-state index in [-0.39, 0.29) is 31.2 Å². The minimum Gasteiger partial charge on any atom is -0.348 e. The first-order valence-electron chi connectivity index (χ1n) is 9.58. The molecular weight excluding hydrogens is 397 g/mol. The van der Waals surface area contributed by atoms with Crippen molar-refractivity contribution in [2.75, 3.05) is 32.1 Å². The van der Waals surface area contributed by atoms with Gasteiger partial charge < -0.3 is 14.0 Å². The van der Waals surface area contributed by atoms with Gasteiger partial charge in [0.25, 0.3) is 0 Å². The molecule has 0 amide bonds. The summed E-state index contributed by atoms with van der Waals surface area (Å²) in [5.41, 5.74) is -0.728. The van der Waals surface area contributed by atoms with Crippen molar-refractivity contribution in [2.45, 2.75) is 24.6 Å². The van der Waals surface area contributed by atoms with Crippen LogP contribution in [0.4, 0.5) is 19.1 Å². The van der Waals surface area contributed by atoms with Crippen LogP contribution in [0.5, 0.6) is 0 Å². The molecule has 3 aromatic rings. The van der Waals surface area contributed by atoms with Gasteiger partial charge in [-0.3, -0.25) is 4.90 Å². The molecule has 0 radical (unpaired) electrons. The number of likely N-dealkylation sites (tertiary alicyclic amines) is 1. The maximum atomic E-state index is 14.2. The summed E-state index contributed by atoms with van der Waals surface area (Å²) < 4.78 is 49.7. The van der Waals surface area contributed by atoms with Crippen LogP contribution in [0.3, 0.4) is 0 Å². The van der Waals surface area contributed by atoms with Crippen LogP contribution in [0, 0.1) is 0 Å². The number of alkyl halides is 3. The third kappa shape index (κ3) is 3.45. The maximum Gasteiger partial charge on any atom is 0.404 e. The molecule has 0 bridgehead atoms. The third-order valence-electron chi connectivity index (χ3n) is 5.60. The van der Waals surface area contributed by atoms with Crippen LogP contribution in [-0.4, -0.2) is 58.0 Å². The van der Waals surface area contributed by atoms with Crippen LogP contribution in [0.25, 0.3) is 11.4 Å². The van der Waals surface area contributed by atoms with Gasteiger partial charge in [-0.05, 0) is 6.42 Å². The number of hydrogen-bond acceptors (Lipinski definition) is 6. The highest BCUT2D eigenvalue weighted by Crippen LogP contribution is 2.47.